The fourth-order valence-electron chi connectivity index (χ4n) is 2.37. The van der Waals surface area contributed by atoms with Gasteiger partial charge in [0, 0.05) is 16.6 Å². The Kier molecular flexibility index (Phi) is 8.85. The number of para-hydroxylation sites is 1. The van der Waals surface area contributed by atoms with Crippen LogP contribution in [0.25, 0.3) is 0 Å². The van der Waals surface area contributed by atoms with Crippen molar-refractivity contribution in [3.63, 3.8) is 0 Å². The van der Waals surface area contributed by atoms with E-state index in [1.807, 2.05) is 12.1 Å². The molecule has 7 heteroatoms. The third kappa shape index (κ3) is 7.01. The van der Waals surface area contributed by atoms with Crippen molar-refractivity contribution in [1.82, 2.24) is 10.6 Å². The van der Waals surface area contributed by atoms with Crippen LogP contribution in [0, 0.1) is 0 Å². The van der Waals surface area contributed by atoms with Gasteiger partial charge in [0.1, 0.15) is 5.75 Å². The number of rotatable bonds is 8. The predicted molar refractivity (Wildman–Crippen MR) is 115 cm³/mol. The van der Waals surface area contributed by atoms with Gasteiger partial charge in [0.05, 0.1) is 12.2 Å². The minimum atomic E-state index is -0.319. The molecule has 0 aliphatic heterocycles. The molecular formula is C20H22Cl2N2O2S. The lowest BCUT2D eigenvalue weighted by atomic mass is 10.2. The van der Waals surface area contributed by atoms with E-state index in [2.05, 4.69) is 17.6 Å². The summed E-state index contributed by atoms with van der Waals surface area (Å²) in [5, 5.41) is 6.96. The van der Waals surface area contributed by atoms with Crippen LogP contribution in [0.1, 0.15) is 42.1 Å². The zero-order chi connectivity index (χ0) is 19.6. The zero-order valence-corrected chi connectivity index (χ0v) is 17.4. The molecular weight excluding hydrogens is 403 g/mol. The molecule has 4 nitrogen and oxygen atoms in total. The first kappa shape index (κ1) is 21.5. The van der Waals surface area contributed by atoms with Crippen LogP contribution < -0.4 is 15.4 Å². The van der Waals surface area contributed by atoms with Gasteiger partial charge in [-0.3, -0.25) is 10.1 Å². The summed E-state index contributed by atoms with van der Waals surface area (Å²) in [4.78, 5) is 12.5. The lowest BCUT2D eigenvalue weighted by Gasteiger charge is -2.13. The van der Waals surface area contributed by atoms with Crippen LogP contribution in [0.15, 0.2) is 42.5 Å². The van der Waals surface area contributed by atoms with Crippen molar-refractivity contribution in [2.45, 2.75) is 32.7 Å². The molecule has 27 heavy (non-hydrogen) atoms. The second kappa shape index (κ2) is 11.1. The third-order valence-electron chi connectivity index (χ3n) is 3.82. The summed E-state index contributed by atoms with van der Waals surface area (Å²) in [6, 6.07) is 12.3. The van der Waals surface area contributed by atoms with Crippen LogP contribution in [0.4, 0.5) is 0 Å². The Hall–Kier alpha value is -1.82. The maximum absolute atomic E-state index is 12.5. The maximum atomic E-state index is 12.5. The predicted octanol–water partition coefficient (Wildman–Crippen LogP) is 5.37. The highest BCUT2D eigenvalue weighted by Gasteiger charge is 2.13. The summed E-state index contributed by atoms with van der Waals surface area (Å²) >= 11 is 17.2. The highest BCUT2D eigenvalue weighted by Crippen LogP contribution is 2.21. The van der Waals surface area contributed by atoms with Gasteiger partial charge in [-0.15, -0.1) is 0 Å². The summed E-state index contributed by atoms with van der Waals surface area (Å²) in [5.41, 5.74) is 1.28. The molecule has 2 aromatic rings. The molecule has 0 saturated carbocycles. The van der Waals surface area contributed by atoms with Gasteiger partial charge in [-0.05, 0) is 48.5 Å². The zero-order valence-electron chi connectivity index (χ0n) is 15.1. The van der Waals surface area contributed by atoms with Gasteiger partial charge in [-0.2, -0.15) is 0 Å². The molecule has 0 spiro atoms. The quantitative estimate of drug-likeness (QED) is 0.441. The van der Waals surface area contributed by atoms with Crippen molar-refractivity contribution in [2.24, 2.45) is 0 Å². The van der Waals surface area contributed by atoms with Crippen molar-refractivity contribution in [3.05, 3.63) is 63.6 Å². The number of hydrogen-bond acceptors (Lipinski definition) is 3. The molecule has 0 fully saturated rings. The van der Waals surface area contributed by atoms with Gasteiger partial charge in [0.25, 0.3) is 5.91 Å². The van der Waals surface area contributed by atoms with Gasteiger partial charge in [-0.1, -0.05) is 61.2 Å². The number of thiocarbonyl (C=S) groups is 1. The highest BCUT2D eigenvalue weighted by molar-refractivity contribution is 7.80. The van der Waals surface area contributed by atoms with Gasteiger partial charge in [-0.25, -0.2) is 0 Å². The Balaban J connectivity index is 1.91. The second-order valence-corrected chi connectivity index (χ2v) is 7.18. The lowest BCUT2D eigenvalue weighted by Crippen LogP contribution is -2.39. The van der Waals surface area contributed by atoms with E-state index in [1.165, 1.54) is 0 Å². The van der Waals surface area contributed by atoms with Crippen LogP contribution in [-0.4, -0.2) is 17.6 Å². The van der Waals surface area contributed by atoms with Gasteiger partial charge in [0.15, 0.2) is 5.11 Å². The van der Waals surface area contributed by atoms with Crippen LogP contribution in [-0.2, 0) is 6.54 Å². The number of carbonyl (C=O) groups is 1. The topological polar surface area (TPSA) is 50.4 Å². The first-order valence-electron chi connectivity index (χ1n) is 8.76. The Morgan fingerprint density at radius 1 is 1.15 bits per heavy atom. The van der Waals surface area contributed by atoms with Crippen molar-refractivity contribution in [3.8, 4) is 5.75 Å². The smallest absolute Gasteiger partial charge is 0.261 e. The highest BCUT2D eigenvalue weighted by atomic mass is 35.5. The standard InChI is InChI=1S/C20H22Cl2N2O2S/c1-2-3-6-11-26-18-8-5-4-7-16(18)19(25)24-20(27)23-13-14-9-10-15(21)12-17(14)22/h4-5,7-10,12H,2-3,6,11,13H2,1H3,(H2,23,24,25,27). The molecule has 0 bridgehead atoms. The lowest BCUT2D eigenvalue weighted by molar-refractivity contribution is 0.0972. The van der Waals surface area contributed by atoms with Crippen LogP contribution >= 0.6 is 35.4 Å². The third-order valence-corrected chi connectivity index (χ3v) is 4.65. The SMILES string of the molecule is CCCCCOc1ccccc1C(=O)NC(=S)NCc1ccc(Cl)cc1Cl. The summed E-state index contributed by atoms with van der Waals surface area (Å²) in [6.45, 7) is 3.09. The number of nitrogens with one attached hydrogen (secondary N) is 2. The molecule has 0 saturated heterocycles. The molecule has 0 aliphatic carbocycles. The Labute approximate surface area is 175 Å². The number of hydrogen-bond donors (Lipinski definition) is 2. The van der Waals surface area contributed by atoms with Crippen molar-refractivity contribution >= 4 is 46.4 Å². The normalized spacial score (nSPS) is 10.3. The van der Waals surface area contributed by atoms with E-state index < -0.39 is 0 Å². The van der Waals surface area contributed by atoms with E-state index >= 15 is 0 Å². The number of unbranched alkanes of at least 4 members (excludes halogenated alkanes) is 2. The van der Waals surface area contributed by atoms with E-state index in [0.29, 0.717) is 34.5 Å². The van der Waals surface area contributed by atoms with E-state index in [4.69, 9.17) is 40.2 Å². The minimum absolute atomic E-state index is 0.215. The summed E-state index contributed by atoms with van der Waals surface area (Å²) in [7, 11) is 0. The molecule has 0 heterocycles. The first-order valence-corrected chi connectivity index (χ1v) is 9.92. The largest absolute Gasteiger partial charge is 0.493 e. The molecule has 0 atom stereocenters. The van der Waals surface area contributed by atoms with Crippen LogP contribution in [0.5, 0.6) is 5.75 Å². The van der Waals surface area contributed by atoms with Gasteiger partial charge in [0.2, 0.25) is 0 Å². The molecule has 144 valence electrons. The van der Waals surface area contributed by atoms with Crippen LogP contribution in [0.3, 0.4) is 0 Å². The minimum Gasteiger partial charge on any atom is -0.493 e. The fraction of sp³-hybridized carbons (Fsp3) is 0.300. The average molecular weight is 425 g/mol. The Morgan fingerprint density at radius 3 is 2.67 bits per heavy atom. The average Bonchev–Trinajstić information content (AvgIpc) is 2.65. The molecule has 2 aromatic carbocycles. The Morgan fingerprint density at radius 2 is 1.93 bits per heavy atom. The maximum Gasteiger partial charge on any atom is 0.261 e. The number of amides is 1. The molecule has 0 radical (unpaired) electrons. The van der Waals surface area contributed by atoms with E-state index in [1.54, 1.807) is 30.3 Å². The molecule has 2 rings (SSSR count). The van der Waals surface area contributed by atoms with Gasteiger partial charge >= 0.3 is 0 Å². The number of benzene rings is 2. The summed E-state index contributed by atoms with van der Waals surface area (Å²) in [5.74, 6) is 0.232. The first-order chi connectivity index (χ1) is 13.0. The Bertz CT molecular complexity index is 799. The van der Waals surface area contributed by atoms with Crippen molar-refractivity contribution in [1.29, 1.82) is 0 Å². The van der Waals surface area contributed by atoms with Crippen LogP contribution in [0.2, 0.25) is 10.0 Å². The molecule has 0 unspecified atom stereocenters. The van der Waals surface area contributed by atoms with Crippen molar-refractivity contribution < 1.29 is 9.53 Å². The molecule has 1 amide bonds. The number of ether oxygens (including phenoxy) is 1. The molecule has 0 aromatic heterocycles. The van der Waals surface area contributed by atoms with E-state index in [-0.39, 0.29) is 11.0 Å². The number of carbonyl (C=O) groups excluding carboxylic acids is 1. The number of halogens is 2. The summed E-state index contributed by atoms with van der Waals surface area (Å²) in [6.07, 6.45) is 3.16. The molecule has 2 N–H and O–H groups in total. The van der Waals surface area contributed by atoms with E-state index in [0.717, 1.165) is 24.8 Å². The van der Waals surface area contributed by atoms with Gasteiger partial charge < -0.3 is 10.1 Å². The second-order valence-electron chi connectivity index (χ2n) is 5.92. The van der Waals surface area contributed by atoms with Crippen molar-refractivity contribution in [2.75, 3.05) is 6.61 Å². The molecule has 0 aliphatic rings. The monoisotopic (exact) mass is 424 g/mol. The van der Waals surface area contributed by atoms with E-state index in [9.17, 15) is 4.79 Å². The fourth-order valence-corrected chi connectivity index (χ4v) is 3.01. The summed E-state index contributed by atoms with van der Waals surface area (Å²) < 4.78 is 5.74.